The first-order chi connectivity index (χ1) is 9.40. The van der Waals surface area contributed by atoms with Gasteiger partial charge in [0.05, 0.1) is 12.2 Å². The van der Waals surface area contributed by atoms with Crippen LogP contribution in [-0.4, -0.2) is 10.3 Å². The Morgan fingerprint density at radius 3 is 2.60 bits per heavy atom. The lowest BCUT2D eigenvalue weighted by Gasteiger charge is -2.14. The molecule has 1 aromatic carbocycles. The van der Waals surface area contributed by atoms with Gasteiger partial charge in [-0.25, -0.2) is 0 Å². The second-order valence-electron chi connectivity index (χ2n) is 4.20. The van der Waals surface area contributed by atoms with E-state index in [2.05, 4.69) is 5.16 Å². The van der Waals surface area contributed by atoms with Crippen molar-refractivity contribution in [2.45, 2.75) is 26.3 Å². The Labute approximate surface area is 112 Å². The molecule has 1 aromatic heterocycles. The minimum Gasteiger partial charge on any atom is -0.487 e. The van der Waals surface area contributed by atoms with Crippen LogP contribution in [0.1, 0.15) is 22.6 Å². The van der Waals surface area contributed by atoms with Gasteiger partial charge in [0.2, 0.25) is 0 Å². The Bertz CT molecular complexity index is 593. The number of aromatic nitrogens is 1. The van der Waals surface area contributed by atoms with Crippen LogP contribution in [0.5, 0.6) is 5.75 Å². The van der Waals surface area contributed by atoms with E-state index in [1.807, 2.05) is 0 Å². The Kier molecular flexibility index (Phi) is 3.99. The molecule has 0 fully saturated rings. The number of benzene rings is 1. The molecule has 0 aliphatic heterocycles. The summed E-state index contributed by atoms with van der Waals surface area (Å²) in [6, 6.07) is 5.00. The highest BCUT2D eigenvalue weighted by Crippen LogP contribution is 2.37. The summed E-state index contributed by atoms with van der Waals surface area (Å²) in [5.74, 6) is 0.241. The zero-order valence-electron chi connectivity index (χ0n) is 10.6. The molecule has 0 spiro atoms. The van der Waals surface area contributed by atoms with Crippen LogP contribution in [0.4, 0.5) is 13.2 Å². The summed E-state index contributed by atoms with van der Waals surface area (Å²) >= 11 is 0. The number of aliphatic hydroxyl groups excluding tert-OH is 1. The molecule has 0 atom stereocenters. The van der Waals surface area contributed by atoms with Crippen molar-refractivity contribution < 1.29 is 27.5 Å². The fourth-order valence-corrected chi connectivity index (χ4v) is 1.66. The summed E-state index contributed by atoms with van der Waals surface area (Å²) in [5.41, 5.74) is -0.354. The molecule has 1 heterocycles. The molecule has 20 heavy (non-hydrogen) atoms. The van der Waals surface area contributed by atoms with Crippen LogP contribution in [0.15, 0.2) is 28.8 Å². The van der Waals surface area contributed by atoms with Crippen molar-refractivity contribution in [3.63, 3.8) is 0 Å². The molecule has 0 aliphatic rings. The van der Waals surface area contributed by atoms with Gasteiger partial charge in [-0.3, -0.25) is 0 Å². The first-order valence-electron chi connectivity index (χ1n) is 5.76. The predicted molar refractivity (Wildman–Crippen MR) is 62.9 cm³/mol. The molecule has 0 unspecified atom stereocenters. The lowest BCUT2D eigenvalue weighted by molar-refractivity contribution is -0.139. The monoisotopic (exact) mass is 287 g/mol. The summed E-state index contributed by atoms with van der Waals surface area (Å²) < 4.78 is 48.6. The third-order valence-corrected chi connectivity index (χ3v) is 2.58. The van der Waals surface area contributed by atoms with E-state index in [1.165, 1.54) is 12.1 Å². The summed E-state index contributed by atoms with van der Waals surface area (Å²) in [6.07, 6.45) is -4.56. The van der Waals surface area contributed by atoms with Crippen molar-refractivity contribution in [2.24, 2.45) is 0 Å². The van der Waals surface area contributed by atoms with Crippen molar-refractivity contribution in [2.75, 3.05) is 0 Å². The summed E-state index contributed by atoms with van der Waals surface area (Å²) in [6.45, 7) is 1.08. The largest absolute Gasteiger partial charge is 0.487 e. The molecule has 2 aromatic rings. The minimum atomic E-state index is -4.56. The molecule has 0 radical (unpaired) electrons. The van der Waals surface area contributed by atoms with Gasteiger partial charge in [-0.2, -0.15) is 13.2 Å². The number of alkyl halides is 3. The predicted octanol–water partition coefficient (Wildman–Crippen LogP) is 3.07. The molecule has 4 nitrogen and oxygen atoms in total. The van der Waals surface area contributed by atoms with Crippen molar-refractivity contribution in [3.8, 4) is 5.75 Å². The van der Waals surface area contributed by atoms with E-state index < -0.39 is 18.3 Å². The van der Waals surface area contributed by atoms with Gasteiger partial charge in [0.15, 0.2) is 0 Å². The van der Waals surface area contributed by atoms with E-state index in [-0.39, 0.29) is 17.9 Å². The molecule has 0 amide bonds. The van der Waals surface area contributed by atoms with Gasteiger partial charge in [-0.1, -0.05) is 11.2 Å². The van der Waals surface area contributed by atoms with Crippen molar-refractivity contribution in [1.82, 2.24) is 5.16 Å². The van der Waals surface area contributed by atoms with E-state index in [9.17, 15) is 13.2 Å². The van der Waals surface area contributed by atoms with E-state index in [0.717, 1.165) is 6.07 Å². The summed E-state index contributed by atoms with van der Waals surface area (Å²) in [5, 5.41) is 12.5. The number of rotatable bonds is 4. The van der Waals surface area contributed by atoms with Gasteiger partial charge in [-0.05, 0) is 24.6 Å². The van der Waals surface area contributed by atoms with Gasteiger partial charge < -0.3 is 14.4 Å². The third-order valence-electron chi connectivity index (χ3n) is 2.58. The minimum absolute atomic E-state index is 0.126. The van der Waals surface area contributed by atoms with E-state index in [4.69, 9.17) is 14.4 Å². The number of ether oxygens (including phenoxy) is 1. The lowest BCUT2D eigenvalue weighted by atomic mass is 10.1. The van der Waals surface area contributed by atoms with Gasteiger partial charge in [0.25, 0.3) is 0 Å². The molecule has 2 rings (SSSR count). The average Bonchev–Trinajstić information content (AvgIpc) is 2.81. The molecule has 7 heteroatoms. The fourth-order valence-electron chi connectivity index (χ4n) is 1.66. The maximum atomic E-state index is 12.9. The highest BCUT2D eigenvalue weighted by molar-refractivity contribution is 5.39. The average molecular weight is 287 g/mol. The van der Waals surface area contributed by atoms with Gasteiger partial charge >= 0.3 is 6.18 Å². The molecule has 108 valence electrons. The lowest BCUT2D eigenvalue weighted by Crippen LogP contribution is -2.09. The van der Waals surface area contributed by atoms with Crippen LogP contribution in [0, 0.1) is 6.92 Å². The second kappa shape index (κ2) is 5.54. The molecular formula is C13H12F3NO3. The van der Waals surface area contributed by atoms with Gasteiger partial charge in [-0.15, -0.1) is 0 Å². The first kappa shape index (κ1) is 14.4. The molecule has 0 aliphatic carbocycles. The highest BCUT2D eigenvalue weighted by atomic mass is 19.4. The topological polar surface area (TPSA) is 55.5 Å². The quantitative estimate of drug-likeness (QED) is 0.939. The number of nitrogens with zero attached hydrogens (tertiary/aromatic N) is 1. The van der Waals surface area contributed by atoms with E-state index >= 15 is 0 Å². The molecule has 0 bridgehead atoms. The van der Waals surface area contributed by atoms with Crippen LogP contribution in [-0.2, 0) is 19.4 Å². The van der Waals surface area contributed by atoms with Crippen LogP contribution in [0.25, 0.3) is 0 Å². The van der Waals surface area contributed by atoms with Crippen molar-refractivity contribution in [1.29, 1.82) is 0 Å². The third kappa shape index (κ3) is 3.30. The van der Waals surface area contributed by atoms with Crippen LogP contribution in [0.2, 0.25) is 0 Å². The van der Waals surface area contributed by atoms with Crippen LogP contribution < -0.4 is 4.74 Å². The molecule has 0 saturated heterocycles. The number of aliphatic hydroxyl groups is 1. The van der Waals surface area contributed by atoms with E-state index in [1.54, 1.807) is 13.0 Å². The Morgan fingerprint density at radius 1 is 1.30 bits per heavy atom. The Morgan fingerprint density at radius 2 is 2.05 bits per heavy atom. The SMILES string of the molecule is Cc1cc(COc2ccc(CO)cc2C(F)(F)F)no1. The summed E-state index contributed by atoms with van der Waals surface area (Å²) in [7, 11) is 0. The summed E-state index contributed by atoms with van der Waals surface area (Å²) in [4.78, 5) is 0. The van der Waals surface area contributed by atoms with Crippen LogP contribution in [0.3, 0.4) is 0 Å². The fraction of sp³-hybridized carbons (Fsp3) is 0.308. The van der Waals surface area contributed by atoms with Gasteiger partial charge in [0.1, 0.15) is 23.8 Å². The Hall–Kier alpha value is -2.02. The number of halogens is 3. The van der Waals surface area contributed by atoms with Crippen molar-refractivity contribution in [3.05, 3.63) is 46.8 Å². The Balaban J connectivity index is 2.22. The first-order valence-corrected chi connectivity index (χ1v) is 5.76. The molecular weight excluding hydrogens is 275 g/mol. The van der Waals surface area contributed by atoms with Gasteiger partial charge in [0, 0.05) is 6.07 Å². The second-order valence-corrected chi connectivity index (χ2v) is 4.20. The molecule has 0 saturated carbocycles. The maximum Gasteiger partial charge on any atom is 0.419 e. The van der Waals surface area contributed by atoms with E-state index in [0.29, 0.717) is 11.5 Å². The smallest absolute Gasteiger partial charge is 0.419 e. The highest BCUT2D eigenvalue weighted by Gasteiger charge is 2.34. The number of hydrogen-bond acceptors (Lipinski definition) is 4. The standard InChI is InChI=1S/C13H12F3NO3/c1-8-4-10(17-20-8)7-19-12-3-2-9(6-18)5-11(12)13(14,15)16/h2-5,18H,6-7H2,1H3. The normalized spacial score (nSPS) is 11.7. The van der Waals surface area contributed by atoms with Crippen LogP contribution >= 0.6 is 0 Å². The number of hydrogen-bond donors (Lipinski definition) is 1. The molecule has 1 N–H and O–H groups in total. The van der Waals surface area contributed by atoms with Crippen molar-refractivity contribution >= 4 is 0 Å². The number of aryl methyl sites for hydroxylation is 1. The zero-order valence-corrected chi connectivity index (χ0v) is 10.6. The maximum absolute atomic E-state index is 12.9. The zero-order chi connectivity index (χ0) is 14.8.